The molecular weight excluding hydrogens is 300 g/mol. The van der Waals surface area contributed by atoms with Crippen LogP contribution in [0.15, 0.2) is 10.2 Å². The second-order valence-corrected chi connectivity index (χ2v) is 12.5. The van der Waals surface area contributed by atoms with Crippen LogP contribution < -0.4 is 0 Å². The van der Waals surface area contributed by atoms with Crippen LogP contribution in [-0.2, 0) is 9.47 Å². The average molecular weight is 326 g/mol. The van der Waals surface area contributed by atoms with Crippen LogP contribution in [0.25, 0.3) is 20.9 Å². The minimum atomic E-state index is -1.20. The van der Waals surface area contributed by atoms with Gasteiger partial charge < -0.3 is 9.47 Å². The van der Waals surface area contributed by atoms with E-state index in [1.807, 2.05) is 13.8 Å². The quantitative estimate of drug-likeness (QED) is 0.297. The monoisotopic (exact) mass is 326 g/mol. The van der Waals surface area contributed by atoms with Gasteiger partial charge in [-0.2, -0.15) is 0 Å². The van der Waals surface area contributed by atoms with Crippen molar-refractivity contribution >= 4 is 8.07 Å². The van der Waals surface area contributed by atoms with Crippen LogP contribution in [0.4, 0.5) is 0 Å². The summed E-state index contributed by atoms with van der Waals surface area (Å²) < 4.78 is 11.8. The molecule has 1 heterocycles. The first-order valence-corrected chi connectivity index (χ1v) is 11.4. The Balaban J connectivity index is 2.85. The third-order valence-corrected chi connectivity index (χ3v) is 5.66. The zero-order valence-corrected chi connectivity index (χ0v) is 15.0. The van der Waals surface area contributed by atoms with Gasteiger partial charge in [0.1, 0.15) is 0 Å². The van der Waals surface area contributed by atoms with Gasteiger partial charge in [-0.3, -0.25) is 0 Å². The molecule has 0 spiro atoms. The third kappa shape index (κ3) is 5.19. The van der Waals surface area contributed by atoms with Gasteiger partial charge in [-0.25, -0.2) is 0 Å². The number of hydrogen-bond acceptors (Lipinski definition) is 4. The average Bonchev–Trinajstić information content (AvgIpc) is 2.44. The number of ether oxygens (including phenoxy) is 2. The first-order valence-electron chi connectivity index (χ1n) is 7.69. The Hall–Kier alpha value is -1.24. The van der Waals surface area contributed by atoms with Crippen molar-refractivity contribution in [1.29, 1.82) is 0 Å². The van der Waals surface area contributed by atoms with Crippen molar-refractivity contribution in [3.05, 3.63) is 20.9 Å². The normalized spacial score (nSPS) is 32.0. The molecule has 1 saturated heterocycles. The summed E-state index contributed by atoms with van der Waals surface area (Å²) in [6, 6.07) is 0.188. The van der Waals surface area contributed by atoms with Crippen LogP contribution in [0.3, 0.4) is 0 Å². The summed E-state index contributed by atoms with van der Waals surface area (Å²) in [5.74, 6) is -0.123. The topological polar surface area (TPSA) is 116 Å². The lowest BCUT2D eigenvalue weighted by Gasteiger charge is -2.42. The van der Waals surface area contributed by atoms with Crippen molar-refractivity contribution in [1.82, 2.24) is 0 Å². The number of rotatable bonds is 7. The van der Waals surface area contributed by atoms with E-state index in [9.17, 15) is 0 Å². The molecule has 1 aliphatic rings. The van der Waals surface area contributed by atoms with Crippen LogP contribution >= 0.6 is 0 Å². The van der Waals surface area contributed by atoms with E-state index in [1.165, 1.54) is 0 Å². The fourth-order valence-electron chi connectivity index (χ4n) is 2.54. The number of azide groups is 2. The van der Waals surface area contributed by atoms with E-state index in [0.29, 0.717) is 13.0 Å². The van der Waals surface area contributed by atoms with Crippen molar-refractivity contribution < 1.29 is 9.47 Å². The van der Waals surface area contributed by atoms with Gasteiger partial charge in [0.25, 0.3) is 0 Å². The molecule has 0 radical (unpaired) electrons. The predicted octanol–water partition coefficient (Wildman–Crippen LogP) is 4.47. The molecule has 0 aromatic carbocycles. The lowest BCUT2D eigenvalue weighted by Crippen LogP contribution is -2.52. The highest BCUT2D eigenvalue weighted by molar-refractivity contribution is 6.76. The summed E-state index contributed by atoms with van der Waals surface area (Å²) in [5.41, 5.74) is 17.5. The van der Waals surface area contributed by atoms with Crippen LogP contribution in [0.5, 0.6) is 0 Å². The Labute approximate surface area is 132 Å². The first kappa shape index (κ1) is 18.8. The molecule has 0 aliphatic carbocycles. The molecule has 0 aromatic heterocycles. The van der Waals surface area contributed by atoms with Gasteiger partial charge in [-0.15, -0.1) is 0 Å². The largest absolute Gasteiger partial charge is 0.352 e. The smallest absolute Gasteiger partial charge is 0.166 e. The number of hydrogen-bond donors (Lipinski definition) is 0. The van der Waals surface area contributed by atoms with Gasteiger partial charge in [-0.05, 0) is 29.4 Å². The maximum Gasteiger partial charge on any atom is 0.166 e. The second-order valence-electron chi connectivity index (χ2n) is 6.88. The molecule has 8 nitrogen and oxygen atoms in total. The van der Waals surface area contributed by atoms with E-state index >= 15 is 0 Å². The van der Waals surface area contributed by atoms with Crippen LogP contribution in [0.1, 0.15) is 20.3 Å². The highest BCUT2D eigenvalue weighted by atomic mass is 28.3. The molecule has 1 aliphatic heterocycles. The van der Waals surface area contributed by atoms with E-state index in [4.69, 9.17) is 20.5 Å². The summed E-state index contributed by atoms with van der Waals surface area (Å²) in [7, 11) is -1.20. The van der Waals surface area contributed by atoms with Gasteiger partial charge in [0.05, 0.1) is 18.2 Å². The fourth-order valence-corrected chi connectivity index (χ4v) is 3.27. The van der Waals surface area contributed by atoms with Crippen molar-refractivity contribution in [2.24, 2.45) is 16.1 Å². The summed E-state index contributed by atoms with van der Waals surface area (Å²) in [6.45, 7) is 11.3. The van der Waals surface area contributed by atoms with E-state index in [-0.39, 0.29) is 18.1 Å². The lowest BCUT2D eigenvalue weighted by atomic mass is 9.86. The predicted molar refractivity (Wildman–Crippen MR) is 88.1 cm³/mol. The molecule has 22 heavy (non-hydrogen) atoms. The Morgan fingerprint density at radius 3 is 2.23 bits per heavy atom. The Kier molecular flexibility index (Phi) is 7.18. The van der Waals surface area contributed by atoms with E-state index in [1.54, 1.807) is 0 Å². The molecular formula is C13H26N6O2Si. The SMILES string of the molecule is CCC1O[C@@H](OCC[Si](C)(C)C)C(N=[N+]=[N-])[C@@H](C)[C@@H]1N=[N+]=[N-]. The second kappa shape index (κ2) is 8.41. The summed E-state index contributed by atoms with van der Waals surface area (Å²) in [6.07, 6.45) is -0.0736. The Morgan fingerprint density at radius 2 is 1.73 bits per heavy atom. The van der Waals surface area contributed by atoms with Crippen LogP contribution in [-0.4, -0.2) is 39.2 Å². The minimum Gasteiger partial charge on any atom is -0.352 e. The van der Waals surface area contributed by atoms with Gasteiger partial charge in [0.15, 0.2) is 6.29 Å². The van der Waals surface area contributed by atoms with Crippen LogP contribution in [0.2, 0.25) is 25.7 Å². The summed E-state index contributed by atoms with van der Waals surface area (Å²) in [4.78, 5) is 5.80. The zero-order valence-electron chi connectivity index (χ0n) is 14.0. The highest BCUT2D eigenvalue weighted by Gasteiger charge is 2.42. The van der Waals surface area contributed by atoms with E-state index in [0.717, 1.165) is 6.04 Å². The molecule has 5 atom stereocenters. The van der Waals surface area contributed by atoms with Crippen molar-refractivity contribution in [3.63, 3.8) is 0 Å². The van der Waals surface area contributed by atoms with Gasteiger partial charge >= 0.3 is 0 Å². The standard InChI is InChI=1S/C13H26N6O2Si/c1-6-10-11(16-18-14)9(2)12(17-19-15)13(21-10)20-7-8-22(3,4)5/h9-13H,6-8H2,1-5H3/t9-,10?,11-,12?,13+/m0/s1. The highest BCUT2D eigenvalue weighted by Crippen LogP contribution is 2.33. The first-order chi connectivity index (χ1) is 10.3. The summed E-state index contributed by atoms with van der Waals surface area (Å²) in [5, 5.41) is 7.65. The molecule has 0 bridgehead atoms. The minimum absolute atomic E-state index is 0.123. The Morgan fingerprint density at radius 1 is 1.14 bits per heavy atom. The number of nitrogens with zero attached hydrogens (tertiary/aromatic N) is 6. The Bertz CT molecular complexity index is 456. The van der Waals surface area contributed by atoms with E-state index < -0.39 is 20.4 Å². The molecule has 1 fully saturated rings. The van der Waals surface area contributed by atoms with Crippen molar-refractivity contribution in [2.45, 2.75) is 70.4 Å². The maximum atomic E-state index is 8.80. The molecule has 0 N–H and O–H groups in total. The summed E-state index contributed by atoms with van der Waals surface area (Å²) >= 11 is 0. The lowest BCUT2D eigenvalue weighted by molar-refractivity contribution is -0.217. The maximum absolute atomic E-state index is 8.80. The van der Waals surface area contributed by atoms with Crippen LogP contribution in [0, 0.1) is 5.92 Å². The molecule has 124 valence electrons. The van der Waals surface area contributed by atoms with E-state index in [2.05, 4.69) is 39.7 Å². The molecule has 0 aromatic rings. The molecule has 2 unspecified atom stereocenters. The molecule has 0 saturated carbocycles. The van der Waals surface area contributed by atoms with Crippen molar-refractivity contribution in [2.75, 3.05) is 6.61 Å². The molecule has 1 rings (SSSR count). The van der Waals surface area contributed by atoms with Gasteiger partial charge in [-0.1, -0.05) is 43.7 Å². The van der Waals surface area contributed by atoms with Crippen molar-refractivity contribution in [3.8, 4) is 0 Å². The zero-order chi connectivity index (χ0) is 16.8. The fraction of sp³-hybridized carbons (Fsp3) is 1.00. The molecule has 0 amide bonds. The van der Waals surface area contributed by atoms with Gasteiger partial charge in [0.2, 0.25) is 0 Å². The molecule has 9 heteroatoms. The third-order valence-electron chi connectivity index (χ3n) is 3.95. The van der Waals surface area contributed by atoms with Gasteiger partial charge in [0, 0.05) is 24.5 Å².